The van der Waals surface area contributed by atoms with Crippen LogP contribution in [0.15, 0.2) is 72.8 Å². The third kappa shape index (κ3) is 4.66. The maximum absolute atomic E-state index is 13.1. The molecule has 33 heavy (non-hydrogen) atoms. The number of fused-ring (bicyclic) bond motifs is 1. The fourth-order valence-corrected chi connectivity index (χ4v) is 3.79. The minimum absolute atomic E-state index is 0.243. The molecule has 1 heterocycles. The van der Waals surface area contributed by atoms with Gasteiger partial charge in [-0.25, -0.2) is 4.79 Å². The smallest absolute Gasteiger partial charge is 0.338 e. The highest BCUT2D eigenvalue weighted by Crippen LogP contribution is 2.38. The normalized spacial score (nSPS) is 14.4. The third-order valence-electron chi connectivity index (χ3n) is 5.46. The lowest BCUT2D eigenvalue weighted by atomic mass is 9.95. The van der Waals surface area contributed by atoms with Crippen molar-refractivity contribution in [1.82, 2.24) is 0 Å². The lowest BCUT2D eigenvalue weighted by molar-refractivity contribution is -0.110. The predicted octanol–water partition coefficient (Wildman–Crippen LogP) is 4.99. The van der Waals surface area contributed by atoms with Crippen molar-refractivity contribution in [2.45, 2.75) is 26.3 Å². The number of anilines is 2. The molecule has 1 amide bonds. The molecular weight excluding hydrogens is 414 g/mol. The van der Waals surface area contributed by atoms with Crippen molar-refractivity contribution in [3.63, 3.8) is 0 Å². The first-order chi connectivity index (χ1) is 15.8. The molecule has 0 saturated carbocycles. The number of ether oxygens (including phenoxy) is 1. The van der Waals surface area contributed by atoms with Gasteiger partial charge in [0.2, 0.25) is 0 Å². The van der Waals surface area contributed by atoms with Crippen LogP contribution in [0.3, 0.4) is 0 Å². The molecule has 4 rings (SSSR count). The summed E-state index contributed by atoms with van der Waals surface area (Å²) in [7, 11) is 0. The van der Waals surface area contributed by atoms with Crippen molar-refractivity contribution in [2.75, 3.05) is 17.2 Å². The quantitative estimate of drug-likeness (QED) is 0.370. The average Bonchev–Trinajstić information content (AvgIpc) is 3.12. The van der Waals surface area contributed by atoms with Gasteiger partial charge in [0.15, 0.2) is 0 Å². The molecule has 0 bridgehead atoms. The Hall–Kier alpha value is -3.90. The van der Waals surface area contributed by atoms with E-state index in [-0.39, 0.29) is 12.5 Å². The zero-order valence-electron chi connectivity index (χ0n) is 18.9. The van der Waals surface area contributed by atoms with Gasteiger partial charge in [0, 0.05) is 16.8 Å². The lowest BCUT2D eigenvalue weighted by Gasteiger charge is -2.21. The standard InChI is InChI=1S/C27H27N3O3/c1-4-33-26(32)18-13-14-21-22(15-18)30-25(31)23(21)24(17-9-6-5-7-10-17)29-20-12-8-11-19(16-20)27(2,3)28/h5-16,29H,4,28H2,1-3H3,(H,30,31)/b24-23-. The highest BCUT2D eigenvalue weighted by atomic mass is 16.5. The minimum atomic E-state index is -0.501. The van der Waals surface area contributed by atoms with Crippen LogP contribution < -0.4 is 16.4 Å². The summed E-state index contributed by atoms with van der Waals surface area (Å²) in [5.74, 6) is -0.665. The molecule has 6 nitrogen and oxygen atoms in total. The van der Waals surface area contributed by atoms with Crippen molar-refractivity contribution in [2.24, 2.45) is 5.73 Å². The summed E-state index contributed by atoms with van der Waals surface area (Å²) in [6.07, 6.45) is 0. The second-order valence-electron chi connectivity index (χ2n) is 8.48. The Morgan fingerprint density at radius 2 is 1.76 bits per heavy atom. The van der Waals surface area contributed by atoms with Gasteiger partial charge in [0.1, 0.15) is 0 Å². The van der Waals surface area contributed by atoms with Crippen LogP contribution in [-0.4, -0.2) is 18.5 Å². The summed E-state index contributed by atoms with van der Waals surface area (Å²) in [5.41, 5.74) is 11.3. The Balaban J connectivity index is 1.83. The molecule has 0 aromatic heterocycles. The Bertz CT molecular complexity index is 1240. The van der Waals surface area contributed by atoms with Gasteiger partial charge in [-0.15, -0.1) is 0 Å². The van der Waals surface area contributed by atoms with Crippen LogP contribution in [0.1, 0.15) is 47.8 Å². The average molecular weight is 442 g/mol. The zero-order chi connectivity index (χ0) is 23.6. The topological polar surface area (TPSA) is 93.4 Å². The van der Waals surface area contributed by atoms with Crippen LogP contribution in [0.25, 0.3) is 11.3 Å². The highest BCUT2D eigenvalue weighted by molar-refractivity contribution is 6.37. The Morgan fingerprint density at radius 3 is 2.45 bits per heavy atom. The monoisotopic (exact) mass is 441 g/mol. The van der Waals surface area contributed by atoms with Gasteiger partial charge in [-0.05, 0) is 56.2 Å². The molecule has 3 aromatic rings. The van der Waals surface area contributed by atoms with Crippen molar-refractivity contribution >= 4 is 34.5 Å². The summed E-state index contributed by atoms with van der Waals surface area (Å²) in [5, 5.41) is 6.34. The molecule has 0 radical (unpaired) electrons. The van der Waals surface area contributed by atoms with E-state index in [4.69, 9.17) is 10.5 Å². The predicted molar refractivity (Wildman–Crippen MR) is 132 cm³/mol. The number of nitrogens with one attached hydrogen (secondary N) is 2. The molecule has 4 N–H and O–H groups in total. The number of hydrogen-bond acceptors (Lipinski definition) is 5. The van der Waals surface area contributed by atoms with Crippen LogP contribution in [0.5, 0.6) is 0 Å². The summed E-state index contributed by atoms with van der Waals surface area (Å²) in [6.45, 7) is 5.94. The first kappa shape index (κ1) is 22.3. The van der Waals surface area contributed by atoms with E-state index in [1.54, 1.807) is 25.1 Å². The number of benzene rings is 3. The Labute approximate surface area is 193 Å². The molecule has 0 unspecified atom stereocenters. The Morgan fingerprint density at radius 1 is 1.00 bits per heavy atom. The molecule has 0 fully saturated rings. The molecule has 3 aromatic carbocycles. The maximum Gasteiger partial charge on any atom is 0.338 e. The van der Waals surface area contributed by atoms with Crippen molar-refractivity contribution in [3.05, 3.63) is 95.1 Å². The van der Waals surface area contributed by atoms with Gasteiger partial charge in [-0.1, -0.05) is 48.5 Å². The van der Waals surface area contributed by atoms with Crippen LogP contribution in [0.2, 0.25) is 0 Å². The summed E-state index contributed by atoms with van der Waals surface area (Å²) >= 11 is 0. The first-order valence-electron chi connectivity index (χ1n) is 10.9. The van der Waals surface area contributed by atoms with Crippen LogP contribution >= 0.6 is 0 Å². The summed E-state index contributed by atoms with van der Waals surface area (Å²) < 4.78 is 5.09. The molecule has 1 aliphatic heterocycles. The Kier molecular flexibility index (Phi) is 6.03. The molecule has 0 aliphatic carbocycles. The van der Waals surface area contributed by atoms with Crippen molar-refractivity contribution < 1.29 is 14.3 Å². The SMILES string of the molecule is CCOC(=O)c1ccc2c(c1)NC(=O)/C2=C(\Nc1cccc(C(C)(C)N)c1)c1ccccc1. The summed E-state index contributed by atoms with van der Waals surface area (Å²) in [4.78, 5) is 25.3. The minimum Gasteiger partial charge on any atom is -0.462 e. The molecule has 0 spiro atoms. The van der Waals surface area contributed by atoms with E-state index >= 15 is 0 Å². The zero-order valence-corrected chi connectivity index (χ0v) is 18.9. The van der Waals surface area contributed by atoms with E-state index in [9.17, 15) is 9.59 Å². The number of nitrogens with two attached hydrogens (primary N) is 1. The number of hydrogen-bond donors (Lipinski definition) is 3. The van der Waals surface area contributed by atoms with E-state index in [1.807, 2.05) is 68.4 Å². The van der Waals surface area contributed by atoms with Gasteiger partial charge >= 0.3 is 5.97 Å². The molecule has 168 valence electrons. The van der Waals surface area contributed by atoms with Gasteiger partial charge in [0.05, 0.1) is 29.1 Å². The van der Waals surface area contributed by atoms with Crippen LogP contribution in [0.4, 0.5) is 11.4 Å². The van der Waals surface area contributed by atoms with Crippen molar-refractivity contribution in [3.8, 4) is 0 Å². The fraction of sp³-hybridized carbons (Fsp3) is 0.185. The number of esters is 1. The molecular formula is C27H27N3O3. The first-order valence-corrected chi connectivity index (χ1v) is 10.9. The lowest BCUT2D eigenvalue weighted by Crippen LogP contribution is -2.28. The van der Waals surface area contributed by atoms with Gasteiger partial charge < -0.3 is 21.1 Å². The second-order valence-corrected chi connectivity index (χ2v) is 8.48. The second kappa shape index (κ2) is 8.92. The third-order valence-corrected chi connectivity index (χ3v) is 5.46. The maximum atomic E-state index is 13.1. The molecule has 6 heteroatoms. The largest absolute Gasteiger partial charge is 0.462 e. The van der Waals surface area contributed by atoms with Gasteiger partial charge in [-0.2, -0.15) is 0 Å². The highest BCUT2D eigenvalue weighted by Gasteiger charge is 2.29. The number of carbonyl (C=O) groups is 2. The summed E-state index contributed by atoms with van der Waals surface area (Å²) in [6, 6.07) is 22.6. The molecule has 1 aliphatic rings. The van der Waals surface area contributed by atoms with E-state index < -0.39 is 11.5 Å². The van der Waals surface area contributed by atoms with Crippen LogP contribution in [-0.2, 0) is 15.1 Å². The van der Waals surface area contributed by atoms with Gasteiger partial charge in [-0.3, -0.25) is 4.79 Å². The van der Waals surface area contributed by atoms with E-state index in [1.165, 1.54) is 0 Å². The number of carbonyl (C=O) groups excluding carboxylic acids is 2. The molecule has 0 atom stereocenters. The van der Waals surface area contributed by atoms with E-state index in [0.717, 1.165) is 22.4 Å². The van der Waals surface area contributed by atoms with Crippen LogP contribution in [0, 0.1) is 0 Å². The number of amides is 1. The van der Waals surface area contributed by atoms with E-state index in [2.05, 4.69) is 10.6 Å². The molecule has 0 saturated heterocycles. The van der Waals surface area contributed by atoms with Crippen molar-refractivity contribution in [1.29, 1.82) is 0 Å². The van der Waals surface area contributed by atoms with Gasteiger partial charge in [0.25, 0.3) is 5.91 Å². The fourth-order valence-electron chi connectivity index (χ4n) is 3.79. The van der Waals surface area contributed by atoms with E-state index in [0.29, 0.717) is 22.5 Å². The number of rotatable bonds is 6.